The second-order valence-electron chi connectivity index (χ2n) is 7.56. The lowest BCUT2D eigenvalue weighted by molar-refractivity contribution is -0.112. The maximum atomic E-state index is 12.8. The first-order chi connectivity index (χ1) is 14.4. The average Bonchev–Trinajstić information content (AvgIpc) is 3.30. The van der Waals surface area contributed by atoms with Gasteiger partial charge in [0.15, 0.2) is 5.78 Å². The molecule has 8 heteroatoms. The highest BCUT2D eigenvalue weighted by molar-refractivity contribution is 7.99. The number of hydrogen-bond acceptors (Lipinski definition) is 7. The first kappa shape index (κ1) is 20.2. The van der Waals surface area contributed by atoms with Crippen molar-refractivity contribution in [3.8, 4) is 11.4 Å². The number of carbonyl (C=O) groups is 1. The normalized spacial score (nSPS) is 16.0. The second-order valence-corrected chi connectivity index (χ2v) is 8.50. The summed E-state index contributed by atoms with van der Waals surface area (Å²) in [6.45, 7) is 4.29. The topological polar surface area (TPSA) is 73.1 Å². The molecule has 0 radical (unpaired) electrons. The number of aromatic nitrogens is 4. The third kappa shape index (κ3) is 3.59. The van der Waals surface area contributed by atoms with Gasteiger partial charge in [0, 0.05) is 29.9 Å². The van der Waals surface area contributed by atoms with Gasteiger partial charge in [-0.3, -0.25) is 4.79 Å². The van der Waals surface area contributed by atoms with Gasteiger partial charge in [0.25, 0.3) is 0 Å². The number of ether oxygens (including phenoxy) is 1. The van der Waals surface area contributed by atoms with Gasteiger partial charge in [-0.2, -0.15) is 4.68 Å². The fourth-order valence-electron chi connectivity index (χ4n) is 3.74. The first-order valence-electron chi connectivity index (χ1n) is 9.55. The summed E-state index contributed by atoms with van der Waals surface area (Å²) in [5.74, 6) is 1.03. The van der Waals surface area contributed by atoms with Crippen molar-refractivity contribution >= 4 is 23.2 Å². The van der Waals surface area contributed by atoms with Crippen LogP contribution in [0.4, 0.5) is 5.69 Å². The lowest BCUT2D eigenvalue weighted by Gasteiger charge is -2.23. The molecule has 1 aromatic heterocycles. The summed E-state index contributed by atoms with van der Waals surface area (Å²) < 4.78 is 6.80. The Morgan fingerprint density at radius 2 is 1.90 bits per heavy atom. The fourth-order valence-corrected chi connectivity index (χ4v) is 4.46. The molecule has 30 heavy (non-hydrogen) atoms. The standard InChI is InChI=1S/C22H23N5O2S/c1-22(2)18-7-5-6-8-19(18)26(3)20(22)13-16(28)14-30-21-23-24-25-27(21)15-9-11-17(29-4)12-10-15/h5-13H,14H2,1-4H3/b20-13-. The fraction of sp³-hybridized carbons (Fsp3) is 0.273. The van der Waals surface area contributed by atoms with E-state index in [4.69, 9.17) is 4.74 Å². The molecule has 3 aromatic rings. The highest BCUT2D eigenvalue weighted by Gasteiger charge is 2.38. The highest BCUT2D eigenvalue weighted by Crippen LogP contribution is 2.46. The largest absolute Gasteiger partial charge is 0.497 e. The molecule has 1 aliphatic heterocycles. The number of methoxy groups -OCH3 is 1. The Bertz CT molecular complexity index is 1100. The third-order valence-corrected chi connectivity index (χ3v) is 6.28. The maximum absolute atomic E-state index is 12.8. The number of fused-ring (bicyclic) bond motifs is 1. The zero-order valence-corrected chi connectivity index (χ0v) is 18.2. The van der Waals surface area contributed by atoms with Crippen LogP contribution in [0, 0.1) is 0 Å². The minimum Gasteiger partial charge on any atom is -0.497 e. The van der Waals surface area contributed by atoms with Crippen LogP contribution in [0.1, 0.15) is 19.4 Å². The molecule has 0 aliphatic carbocycles. The Morgan fingerprint density at radius 3 is 2.60 bits per heavy atom. The smallest absolute Gasteiger partial charge is 0.214 e. The molecule has 2 aromatic carbocycles. The average molecular weight is 422 g/mol. The van der Waals surface area contributed by atoms with E-state index in [0.29, 0.717) is 5.16 Å². The number of para-hydroxylation sites is 1. The maximum Gasteiger partial charge on any atom is 0.214 e. The number of tetrazole rings is 1. The van der Waals surface area contributed by atoms with Crippen LogP contribution in [0.3, 0.4) is 0 Å². The predicted octanol–water partition coefficient (Wildman–Crippen LogP) is 3.64. The number of hydrogen-bond donors (Lipinski definition) is 0. The van der Waals surface area contributed by atoms with Crippen LogP contribution in [0.5, 0.6) is 5.75 Å². The van der Waals surface area contributed by atoms with E-state index in [-0.39, 0.29) is 17.0 Å². The number of ketones is 1. The molecular weight excluding hydrogens is 398 g/mol. The molecular formula is C22H23N5O2S. The molecule has 0 atom stereocenters. The SMILES string of the molecule is COc1ccc(-n2nnnc2SCC(=O)/C=C2\N(C)c3ccccc3C2(C)C)cc1. The zero-order valence-electron chi connectivity index (χ0n) is 17.4. The van der Waals surface area contributed by atoms with Crippen LogP contribution < -0.4 is 9.64 Å². The predicted molar refractivity (Wildman–Crippen MR) is 117 cm³/mol. The van der Waals surface area contributed by atoms with Crippen molar-refractivity contribution in [2.75, 3.05) is 24.8 Å². The minimum absolute atomic E-state index is 0.0204. The van der Waals surface area contributed by atoms with E-state index in [2.05, 4.69) is 46.4 Å². The molecule has 0 fully saturated rings. The van der Waals surface area contributed by atoms with E-state index < -0.39 is 0 Å². The van der Waals surface area contributed by atoms with Gasteiger partial charge in [-0.25, -0.2) is 0 Å². The second kappa shape index (κ2) is 7.95. The van der Waals surface area contributed by atoms with Crippen molar-refractivity contribution < 1.29 is 9.53 Å². The summed E-state index contributed by atoms with van der Waals surface area (Å²) in [7, 11) is 3.62. The third-order valence-electron chi connectivity index (χ3n) is 5.34. The Hall–Kier alpha value is -3.13. The van der Waals surface area contributed by atoms with E-state index >= 15 is 0 Å². The van der Waals surface area contributed by atoms with E-state index in [1.807, 2.05) is 43.4 Å². The van der Waals surface area contributed by atoms with Gasteiger partial charge in [0.2, 0.25) is 5.16 Å². The molecule has 1 aliphatic rings. The Balaban J connectivity index is 1.49. The summed E-state index contributed by atoms with van der Waals surface area (Å²) in [5, 5.41) is 12.4. The van der Waals surface area contributed by atoms with E-state index in [1.54, 1.807) is 17.9 Å². The number of carbonyl (C=O) groups excluding carboxylic acids is 1. The van der Waals surface area contributed by atoms with E-state index in [9.17, 15) is 4.79 Å². The van der Waals surface area contributed by atoms with Crippen LogP contribution in [-0.4, -0.2) is 45.9 Å². The van der Waals surface area contributed by atoms with Gasteiger partial charge in [-0.15, -0.1) is 5.10 Å². The first-order valence-corrected chi connectivity index (χ1v) is 10.5. The molecule has 0 N–H and O–H groups in total. The van der Waals surface area contributed by atoms with Gasteiger partial charge in [-0.1, -0.05) is 43.8 Å². The summed E-state index contributed by atoms with van der Waals surface area (Å²) in [6.07, 6.45) is 1.74. The van der Waals surface area contributed by atoms with Gasteiger partial charge in [-0.05, 0) is 46.3 Å². The van der Waals surface area contributed by atoms with Gasteiger partial charge < -0.3 is 9.64 Å². The van der Waals surface area contributed by atoms with E-state index in [0.717, 1.165) is 22.8 Å². The molecule has 0 amide bonds. The lowest BCUT2D eigenvalue weighted by Crippen LogP contribution is -2.24. The number of anilines is 1. The van der Waals surface area contributed by atoms with Gasteiger partial charge in [0.05, 0.1) is 18.6 Å². The Morgan fingerprint density at radius 1 is 1.17 bits per heavy atom. The molecule has 154 valence electrons. The van der Waals surface area contributed by atoms with Crippen LogP contribution in [0.25, 0.3) is 5.69 Å². The molecule has 0 saturated heterocycles. The van der Waals surface area contributed by atoms with Gasteiger partial charge >= 0.3 is 0 Å². The van der Waals surface area contributed by atoms with Crippen LogP contribution in [0.15, 0.2) is 65.5 Å². The van der Waals surface area contributed by atoms with E-state index in [1.165, 1.54) is 17.3 Å². The van der Waals surface area contributed by atoms with Crippen LogP contribution >= 0.6 is 11.8 Å². The molecule has 2 heterocycles. The minimum atomic E-state index is -0.226. The van der Waals surface area contributed by atoms with Crippen molar-refractivity contribution in [2.45, 2.75) is 24.4 Å². The summed E-state index contributed by atoms with van der Waals surface area (Å²) in [5.41, 5.74) is 3.93. The van der Waals surface area contributed by atoms with Crippen molar-refractivity contribution in [1.29, 1.82) is 0 Å². The summed E-state index contributed by atoms with van der Waals surface area (Å²) >= 11 is 1.32. The quantitative estimate of drug-likeness (QED) is 0.444. The number of nitrogens with zero attached hydrogens (tertiary/aromatic N) is 5. The molecule has 7 nitrogen and oxygen atoms in total. The summed E-state index contributed by atoms with van der Waals surface area (Å²) in [4.78, 5) is 14.9. The number of thioether (sulfide) groups is 1. The molecule has 0 spiro atoms. The van der Waals surface area contributed by atoms with Crippen molar-refractivity contribution in [3.63, 3.8) is 0 Å². The van der Waals surface area contributed by atoms with Crippen molar-refractivity contribution in [2.24, 2.45) is 0 Å². The number of allylic oxidation sites excluding steroid dienone is 2. The Labute approximate surface area is 179 Å². The zero-order chi connectivity index (χ0) is 21.3. The van der Waals surface area contributed by atoms with Crippen molar-refractivity contribution in [3.05, 3.63) is 65.9 Å². The lowest BCUT2D eigenvalue weighted by atomic mass is 9.83. The number of rotatable bonds is 6. The monoisotopic (exact) mass is 421 g/mol. The molecule has 0 saturated carbocycles. The number of benzene rings is 2. The van der Waals surface area contributed by atoms with Crippen LogP contribution in [0.2, 0.25) is 0 Å². The van der Waals surface area contributed by atoms with Crippen LogP contribution in [-0.2, 0) is 10.2 Å². The Kier molecular flexibility index (Phi) is 5.34. The summed E-state index contributed by atoms with van der Waals surface area (Å²) in [6, 6.07) is 15.7. The van der Waals surface area contributed by atoms with Gasteiger partial charge in [0.1, 0.15) is 5.75 Å². The highest BCUT2D eigenvalue weighted by atomic mass is 32.2. The molecule has 0 bridgehead atoms. The molecule has 0 unspecified atom stereocenters. The number of likely N-dealkylation sites (N-methyl/N-ethyl adjacent to an activating group) is 1. The van der Waals surface area contributed by atoms with Crippen molar-refractivity contribution in [1.82, 2.24) is 20.2 Å². The molecule has 4 rings (SSSR count).